The molecule has 0 unspecified atom stereocenters. The summed E-state index contributed by atoms with van der Waals surface area (Å²) in [5.74, 6) is 0. The van der Waals surface area contributed by atoms with Gasteiger partial charge in [-0.1, -0.05) is 0 Å². The molecule has 17 heavy (non-hydrogen) atoms. The number of nitrogen functional groups attached to an aromatic ring is 1. The van der Waals surface area contributed by atoms with Crippen molar-refractivity contribution in [2.75, 3.05) is 5.73 Å². The topological polar surface area (TPSA) is 56.2 Å². The second-order valence-corrected chi connectivity index (χ2v) is 3.97. The van der Waals surface area contributed by atoms with Gasteiger partial charge in [-0.05, 0) is 31.2 Å². The average molecular weight is 224 g/mol. The molecule has 4 heteroatoms. The Morgan fingerprint density at radius 1 is 1.24 bits per heavy atom. The smallest absolute Gasteiger partial charge is 0.137 e. The Labute approximate surface area is 98.8 Å². The Balaban J connectivity index is 2.24. The third-order valence-electron chi connectivity index (χ3n) is 2.88. The molecular weight excluding hydrogens is 212 g/mol. The minimum absolute atomic E-state index is 0.771. The van der Waals surface area contributed by atoms with Crippen molar-refractivity contribution >= 4 is 11.3 Å². The molecule has 3 heterocycles. The Morgan fingerprint density at radius 2 is 2.12 bits per heavy atom. The highest BCUT2D eigenvalue weighted by atomic mass is 15.0. The van der Waals surface area contributed by atoms with Crippen molar-refractivity contribution < 1.29 is 0 Å². The summed E-state index contributed by atoms with van der Waals surface area (Å²) in [7, 11) is 0. The molecule has 84 valence electrons. The maximum absolute atomic E-state index is 5.87. The minimum Gasteiger partial charge on any atom is -0.397 e. The van der Waals surface area contributed by atoms with E-state index in [1.807, 2.05) is 41.8 Å². The Bertz CT molecular complexity index is 670. The van der Waals surface area contributed by atoms with Crippen LogP contribution in [0.4, 0.5) is 5.69 Å². The summed E-state index contributed by atoms with van der Waals surface area (Å²) in [6, 6.07) is 7.70. The van der Waals surface area contributed by atoms with Gasteiger partial charge in [0.2, 0.25) is 0 Å². The zero-order valence-electron chi connectivity index (χ0n) is 9.46. The molecule has 2 N–H and O–H groups in total. The fourth-order valence-electron chi connectivity index (χ4n) is 1.86. The number of anilines is 1. The van der Waals surface area contributed by atoms with Crippen LogP contribution < -0.4 is 5.73 Å². The third kappa shape index (κ3) is 1.54. The van der Waals surface area contributed by atoms with Gasteiger partial charge in [0.1, 0.15) is 5.65 Å². The first-order valence-electron chi connectivity index (χ1n) is 5.40. The highest BCUT2D eigenvalue weighted by molar-refractivity contribution is 5.63. The average Bonchev–Trinajstić information content (AvgIpc) is 2.80. The van der Waals surface area contributed by atoms with E-state index in [9.17, 15) is 0 Å². The lowest BCUT2D eigenvalue weighted by Crippen LogP contribution is -1.96. The van der Waals surface area contributed by atoms with Crippen molar-refractivity contribution in [3.8, 4) is 11.3 Å². The lowest BCUT2D eigenvalue weighted by molar-refractivity contribution is 1.10. The van der Waals surface area contributed by atoms with Gasteiger partial charge in [-0.25, -0.2) is 4.98 Å². The van der Waals surface area contributed by atoms with Gasteiger partial charge in [-0.2, -0.15) is 0 Å². The molecule has 0 aliphatic carbocycles. The quantitative estimate of drug-likeness (QED) is 0.690. The molecule has 3 aromatic heterocycles. The molecule has 3 aromatic rings. The maximum Gasteiger partial charge on any atom is 0.137 e. The maximum atomic E-state index is 5.87. The van der Waals surface area contributed by atoms with E-state index in [0.29, 0.717) is 0 Å². The number of imidazole rings is 1. The number of aryl methyl sites for hydroxylation is 1. The van der Waals surface area contributed by atoms with Gasteiger partial charge >= 0.3 is 0 Å². The van der Waals surface area contributed by atoms with Crippen LogP contribution in [0.25, 0.3) is 16.9 Å². The van der Waals surface area contributed by atoms with Crippen molar-refractivity contribution in [1.82, 2.24) is 14.4 Å². The highest BCUT2D eigenvalue weighted by Crippen LogP contribution is 2.21. The van der Waals surface area contributed by atoms with E-state index < -0.39 is 0 Å². The molecule has 0 bridgehead atoms. The first-order valence-corrected chi connectivity index (χ1v) is 5.40. The molecule has 4 nitrogen and oxygen atoms in total. The highest BCUT2D eigenvalue weighted by Gasteiger charge is 2.06. The van der Waals surface area contributed by atoms with Crippen LogP contribution in [0.5, 0.6) is 0 Å². The Hall–Kier alpha value is -2.36. The van der Waals surface area contributed by atoms with E-state index in [-0.39, 0.29) is 0 Å². The van der Waals surface area contributed by atoms with Crippen molar-refractivity contribution in [2.24, 2.45) is 0 Å². The summed E-state index contributed by atoms with van der Waals surface area (Å²) >= 11 is 0. The van der Waals surface area contributed by atoms with Gasteiger partial charge in [-0.15, -0.1) is 0 Å². The third-order valence-corrected chi connectivity index (χ3v) is 2.88. The first kappa shape index (κ1) is 9.84. The second-order valence-electron chi connectivity index (χ2n) is 3.97. The van der Waals surface area contributed by atoms with Crippen LogP contribution in [0.3, 0.4) is 0 Å². The number of hydrogen-bond acceptors (Lipinski definition) is 3. The van der Waals surface area contributed by atoms with Crippen LogP contribution in [-0.4, -0.2) is 14.4 Å². The van der Waals surface area contributed by atoms with Gasteiger partial charge in [0, 0.05) is 29.8 Å². The van der Waals surface area contributed by atoms with Crippen LogP contribution >= 0.6 is 0 Å². The number of rotatable bonds is 1. The fourth-order valence-corrected chi connectivity index (χ4v) is 1.86. The largest absolute Gasteiger partial charge is 0.397 e. The fraction of sp³-hybridized carbons (Fsp3) is 0.0769. The molecule has 0 saturated carbocycles. The zero-order valence-corrected chi connectivity index (χ0v) is 9.46. The summed E-state index contributed by atoms with van der Waals surface area (Å²) in [5, 5.41) is 0. The van der Waals surface area contributed by atoms with Gasteiger partial charge < -0.3 is 10.1 Å². The molecular formula is C13H12N4. The van der Waals surface area contributed by atoms with Gasteiger partial charge in [0.15, 0.2) is 0 Å². The van der Waals surface area contributed by atoms with Crippen LogP contribution in [0.1, 0.15) is 5.69 Å². The predicted octanol–water partition coefficient (Wildman–Crippen LogP) is 2.29. The molecule has 0 fully saturated rings. The molecule has 0 spiro atoms. The summed E-state index contributed by atoms with van der Waals surface area (Å²) in [6.07, 6.45) is 5.54. The van der Waals surface area contributed by atoms with Crippen LogP contribution in [-0.2, 0) is 0 Å². The molecule has 0 aliphatic rings. The van der Waals surface area contributed by atoms with E-state index in [4.69, 9.17) is 5.73 Å². The van der Waals surface area contributed by atoms with Gasteiger partial charge in [0.05, 0.1) is 11.4 Å². The van der Waals surface area contributed by atoms with Crippen molar-refractivity contribution in [3.63, 3.8) is 0 Å². The summed E-state index contributed by atoms with van der Waals surface area (Å²) in [6.45, 7) is 1.98. The predicted molar refractivity (Wildman–Crippen MR) is 67.6 cm³/mol. The summed E-state index contributed by atoms with van der Waals surface area (Å²) in [4.78, 5) is 8.65. The van der Waals surface area contributed by atoms with Crippen LogP contribution in [0.15, 0.2) is 42.9 Å². The summed E-state index contributed by atoms with van der Waals surface area (Å²) < 4.78 is 2.00. The van der Waals surface area contributed by atoms with Crippen LogP contribution in [0, 0.1) is 6.92 Å². The van der Waals surface area contributed by atoms with Crippen molar-refractivity contribution in [2.45, 2.75) is 6.92 Å². The van der Waals surface area contributed by atoms with E-state index in [1.54, 1.807) is 12.4 Å². The lowest BCUT2D eigenvalue weighted by atomic mass is 10.2. The number of pyridine rings is 2. The van der Waals surface area contributed by atoms with Gasteiger partial charge in [0.25, 0.3) is 0 Å². The lowest BCUT2D eigenvalue weighted by Gasteiger charge is -2.01. The number of nitrogens with zero attached hydrogens (tertiary/aromatic N) is 3. The first-order chi connectivity index (χ1) is 8.25. The minimum atomic E-state index is 0.771. The van der Waals surface area contributed by atoms with Crippen molar-refractivity contribution in [3.05, 3.63) is 48.5 Å². The standard InChI is InChI=1S/C13H12N4/c1-9-11(14)4-5-13-16-12(8-17(9)13)10-3-2-6-15-7-10/h2-8H,14H2,1H3. The zero-order chi connectivity index (χ0) is 11.8. The number of nitrogens with two attached hydrogens (primary N) is 1. The molecule has 0 radical (unpaired) electrons. The molecule has 0 amide bonds. The monoisotopic (exact) mass is 224 g/mol. The summed E-state index contributed by atoms with van der Waals surface area (Å²) in [5.41, 5.74) is 10.5. The van der Waals surface area contributed by atoms with Crippen LogP contribution in [0.2, 0.25) is 0 Å². The Kier molecular flexibility index (Phi) is 2.08. The molecule has 3 rings (SSSR count). The van der Waals surface area contributed by atoms with E-state index >= 15 is 0 Å². The molecule has 0 saturated heterocycles. The SMILES string of the molecule is Cc1c(N)ccc2nc(-c3cccnc3)cn12. The van der Waals surface area contributed by atoms with E-state index in [2.05, 4.69) is 9.97 Å². The normalized spacial score (nSPS) is 10.9. The molecule has 0 atom stereocenters. The molecule has 0 aliphatic heterocycles. The van der Waals surface area contributed by atoms with Crippen molar-refractivity contribution in [1.29, 1.82) is 0 Å². The number of fused-ring (bicyclic) bond motifs is 1. The number of aromatic nitrogens is 3. The second kappa shape index (κ2) is 3.59. The Morgan fingerprint density at radius 3 is 2.88 bits per heavy atom. The van der Waals surface area contributed by atoms with Gasteiger partial charge in [-0.3, -0.25) is 4.98 Å². The van der Waals surface area contributed by atoms with E-state index in [0.717, 1.165) is 28.3 Å². The number of hydrogen-bond donors (Lipinski definition) is 1. The van der Waals surface area contributed by atoms with E-state index in [1.165, 1.54) is 0 Å². The molecule has 0 aromatic carbocycles.